The van der Waals surface area contributed by atoms with Gasteiger partial charge in [-0.05, 0) is 43.0 Å². The Morgan fingerprint density at radius 2 is 2.14 bits per heavy atom. The van der Waals surface area contributed by atoms with Crippen LogP contribution in [-0.2, 0) is 12.8 Å². The zero-order valence-electron chi connectivity index (χ0n) is 12.0. The minimum Gasteiger partial charge on any atom is -0.271 e. The molecular weight excluding hydrogens is 291 g/mol. The number of benzene rings is 1. The Bertz CT molecular complexity index is 633. The molecule has 0 radical (unpaired) electrons. The summed E-state index contributed by atoms with van der Waals surface area (Å²) >= 11 is 6.02. The maximum absolute atomic E-state index is 13.5. The average molecular weight is 309 g/mol. The third-order valence-corrected chi connectivity index (χ3v) is 3.82. The summed E-state index contributed by atoms with van der Waals surface area (Å²) in [6, 6.07) is 6.52. The van der Waals surface area contributed by atoms with Crippen molar-refractivity contribution in [3.8, 4) is 0 Å². The molecule has 1 heterocycles. The van der Waals surface area contributed by atoms with Crippen LogP contribution in [0.3, 0.4) is 0 Å². The SMILES string of the molecule is CCc1nnc(C)cc1C(Cc1cccc(F)c1Cl)NN. The highest BCUT2D eigenvalue weighted by Crippen LogP contribution is 2.26. The predicted octanol–water partition coefficient (Wildman–Crippen LogP) is 2.89. The van der Waals surface area contributed by atoms with Gasteiger partial charge in [-0.2, -0.15) is 10.2 Å². The summed E-state index contributed by atoms with van der Waals surface area (Å²) in [5.74, 6) is 5.25. The lowest BCUT2D eigenvalue weighted by atomic mass is 9.97. The predicted molar refractivity (Wildman–Crippen MR) is 81.3 cm³/mol. The largest absolute Gasteiger partial charge is 0.271 e. The molecule has 112 valence electrons. The van der Waals surface area contributed by atoms with Crippen molar-refractivity contribution in [2.24, 2.45) is 5.84 Å². The van der Waals surface area contributed by atoms with Gasteiger partial charge >= 0.3 is 0 Å². The Balaban J connectivity index is 2.36. The summed E-state index contributed by atoms with van der Waals surface area (Å²) in [5, 5.41) is 8.39. The van der Waals surface area contributed by atoms with Crippen molar-refractivity contribution in [2.45, 2.75) is 32.7 Å². The summed E-state index contributed by atoms with van der Waals surface area (Å²) in [6.07, 6.45) is 1.23. The molecule has 1 unspecified atom stereocenters. The van der Waals surface area contributed by atoms with Crippen LogP contribution in [0.1, 0.15) is 35.5 Å². The molecule has 6 heteroatoms. The number of aromatic nitrogens is 2. The maximum atomic E-state index is 13.5. The van der Waals surface area contributed by atoms with Crippen molar-refractivity contribution in [3.63, 3.8) is 0 Å². The molecule has 0 spiro atoms. The fourth-order valence-corrected chi connectivity index (χ4v) is 2.50. The van der Waals surface area contributed by atoms with E-state index >= 15 is 0 Å². The van der Waals surface area contributed by atoms with Gasteiger partial charge in [0, 0.05) is 0 Å². The van der Waals surface area contributed by atoms with Gasteiger partial charge in [0.05, 0.1) is 22.5 Å². The molecule has 2 aromatic rings. The van der Waals surface area contributed by atoms with Crippen LogP contribution in [0.5, 0.6) is 0 Å². The van der Waals surface area contributed by atoms with Crippen molar-refractivity contribution < 1.29 is 4.39 Å². The fraction of sp³-hybridized carbons (Fsp3) is 0.333. The number of aryl methyl sites for hydroxylation is 2. The van der Waals surface area contributed by atoms with Crippen LogP contribution in [0.4, 0.5) is 4.39 Å². The molecule has 21 heavy (non-hydrogen) atoms. The minimum atomic E-state index is -0.426. The Labute approximate surface area is 128 Å². The molecule has 0 bridgehead atoms. The Morgan fingerprint density at radius 1 is 1.38 bits per heavy atom. The Kier molecular flexibility index (Phi) is 5.22. The van der Waals surface area contributed by atoms with E-state index in [2.05, 4.69) is 15.6 Å². The third kappa shape index (κ3) is 3.56. The number of nitrogens with two attached hydrogens (primary N) is 1. The first-order valence-corrected chi connectivity index (χ1v) is 7.16. The Hall–Kier alpha value is -1.56. The molecular formula is C15H18ClFN4. The number of rotatable bonds is 5. The molecule has 1 atom stereocenters. The first-order valence-electron chi connectivity index (χ1n) is 6.79. The van der Waals surface area contributed by atoms with E-state index in [1.165, 1.54) is 6.07 Å². The van der Waals surface area contributed by atoms with Gasteiger partial charge in [0.25, 0.3) is 0 Å². The highest BCUT2D eigenvalue weighted by Gasteiger charge is 2.18. The van der Waals surface area contributed by atoms with Crippen molar-refractivity contribution in [3.05, 3.63) is 57.6 Å². The highest BCUT2D eigenvalue weighted by atomic mass is 35.5. The van der Waals surface area contributed by atoms with Gasteiger partial charge < -0.3 is 0 Å². The van der Waals surface area contributed by atoms with Crippen LogP contribution in [0.25, 0.3) is 0 Å². The molecule has 0 amide bonds. The number of hydrazine groups is 1. The molecule has 0 saturated carbocycles. The van der Waals surface area contributed by atoms with Crippen molar-refractivity contribution in [1.29, 1.82) is 0 Å². The average Bonchev–Trinajstić information content (AvgIpc) is 2.49. The maximum Gasteiger partial charge on any atom is 0.142 e. The molecule has 2 rings (SSSR count). The van der Waals surface area contributed by atoms with Crippen molar-refractivity contribution >= 4 is 11.6 Å². The highest BCUT2D eigenvalue weighted by molar-refractivity contribution is 6.31. The van der Waals surface area contributed by atoms with Crippen molar-refractivity contribution in [2.75, 3.05) is 0 Å². The second-order valence-corrected chi connectivity index (χ2v) is 5.26. The summed E-state index contributed by atoms with van der Waals surface area (Å²) in [4.78, 5) is 0. The molecule has 1 aromatic heterocycles. The van der Waals surface area contributed by atoms with Crippen LogP contribution in [0.15, 0.2) is 24.3 Å². The van der Waals surface area contributed by atoms with Gasteiger partial charge in [-0.1, -0.05) is 30.7 Å². The monoisotopic (exact) mass is 308 g/mol. The van der Waals surface area contributed by atoms with Crippen LogP contribution in [0, 0.1) is 12.7 Å². The van der Waals surface area contributed by atoms with Gasteiger partial charge in [-0.15, -0.1) is 0 Å². The normalized spacial score (nSPS) is 12.4. The number of nitrogens with one attached hydrogen (secondary N) is 1. The molecule has 0 saturated heterocycles. The molecule has 1 aromatic carbocycles. The van der Waals surface area contributed by atoms with Gasteiger partial charge in [0.1, 0.15) is 5.82 Å². The van der Waals surface area contributed by atoms with Gasteiger partial charge in [-0.25, -0.2) is 4.39 Å². The molecule has 0 aliphatic carbocycles. The quantitative estimate of drug-likeness (QED) is 0.658. The van der Waals surface area contributed by atoms with E-state index in [1.54, 1.807) is 12.1 Å². The number of hydrogen-bond donors (Lipinski definition) is 2. The summed E-state index contributed by atoms with van der Waals surface area (Å²) in [5.41, 5.74) is 6.12. The molecule has 0 aliphatic rings. The summed E-state index contributed by atoms with van der Waals surface area (Å²) in [7, 11) is 0. The topological polar surface area (TPSA) is 63.8 Å². The zero-order valence-corrected chi connectivity index (χ0v) is 12.8. The fourth-order valence-electron chi connectivity index (χ4n) is 2.30. The summed E-state index contributed by atoms with van der Waals surface area (Å²) in [6.45, 7) is 3.88. The first kappa shape index (κ1) is 15.8. The lowest BCUT2D eigenvalue weighted by molar-refractivity contribution is 0.539. The lowest BCUT2D eigenvalue weighted by Gasteiger charge is -2.19. The number of halogens is 2. The van der Waals surface area contributed by atoms with Crippen LogP contribution in [0.2, 0.25) is 5.02 Å². The van der Waals surface area contributed by atoms with E-state index in [1.807, 2.05) is 19.9 Å². The van der Waals surface area contributed by atoms with E-state index in [0.29, 0.717) is 12.0 Å². The van der Waals surface area contributed by atoms with Crippen LogP contribution in [-0.4, -0.2) is 10.2 Å². The van der Waals surface area contributed by atoms with Gasteiger partial charge in [0.2, 0.25) is 0 Å². The third-order valence-electron chi connectivity index (χ3n) is 3.39. The van der Waals surface area contributed by atoms with Crippen LogP contribution < -0.4 is 11.3 Å². The molecule has 0 aliphatic heterocycles. The molecule has 4 nitrogen and oxygen atoms in total. The summed E-state index contributed by atoms with van der Waals surface area (Å²) < 4.78 is 13.5. The second-order valence-electron chi connectivity index (χ2n) is 4.88. The molecule has 3 N–H and O–H groups in total. The van der Waals surface area contributed by atoms with Gasteiger partial charge in [-0.3, -0.25) is 11.3 Å². The van der Waals surface area contributed by atoms with E-state index in [4.69, 9.17) is 17.4 Å². The second kappa shape index (κ2) is 6.93. The van der Waals surface area contributed by atoms with E-state index in [0.717, 1.165) is 23.4 Å². The Morgan fingerprint density at radius 3 is 2.81 bits per heavy atom. The number of nitrogens with zero attached hydrogens (tertiary/aromatic N) is 2. The first-order chi connectivity index (χ1) is 10.1. The van der Waals surface area contributed by atoms with Crippen molar-refractivity contribution in [1.82, 2.24) is 15.6 Å². The number of hydrogen-bond acceptors (Lipinski definition) is 4. The smallest absolute Gasteiger partial charge is 0.142 e. The van der Waals surface area contributed by atoms with Gasteiger partial charge in [0.15, 0.2) is 0 Å². The minimum absolute atomic E-state index is 0.134. The standard InChI is InChI=1S/C15H18ClFN4/c1-3-13-11(7-9(2)20-21-13)14(19-18)8-10-5-4-6-12(17)15(10)16/h4-7,14,19H,3,8,18H2,1-2H3. The lowest BCUT2D eigenvalue weighted by Crippen LogP contribution is -2.31. The molecule has 0 fully saturated rings. The van der Waals surface area contributed by atoms with Crippen LogP contribution >= 0.6 is 11.6 Å². The van der Waals surface area contributed by atoms with E-state index in [9.17, 15) is 4.39 Å². The van der Waals surface area contributed by atoms with E-state index in [-0.39, 0.29) is 11.1 Å². The zero-order chi connectivity index (χ0) is 15.4. The van der Waals surface area contributed by atoms with E-state index < -0.39 is 5.82 Å².